The highest BCUT2D eigenvalue weighted by Crippen LogP contribution is 2.30. The van der Waals surface area contributed by atoms with Gasteiger partial charge in [0.2, 0.25) is 11.0 Å². The molecule has 0 radical (unpaired) electrons. The van der Waals surface area contributed by atoms with Gasteiger partial charge in [-0.3, -0.25) is 4.79 Å². The molecular weight excluding hydrogens is 490 g/mol. The number of rotatable bonds is 8. The molecule has 0 aliphatic carbocycles. The maximum absolute atomic E-state index is 13.3. The number of carbonyl (C=O) groups excluding carboxylic acids is 1. The molecule has 1 unspecified atom stereocenters. The van der Waals surface area contributed by atoms with Crippen LogP contribution in [-0.4, -0.2) is 31.2 Å². The summed E-state index contributed by atoms with van der Waals surface area (Å²) in [5.74, 6) is 0.279. The van der Waals surface area contributed by atoms with E-state index < -0.39 is 16.1 Å². The molecule has 8 nitrogen and oxygen atoms in total. The van der Waals surface area contributed by atoms with Gasteiger partial charge in [-0.15, -0.1) is 0 Å². The van der Waals surface area contributed by atoms with E-state index in [4.69, 9.17) is 14.4 Å². The van der Waals surface area contributed by atoms with Crippen molar-refractivity contribution in [2.75, 3.05) is 6.54 Å². The van der Waals surface area contributed by atoms with Gasteiger partial charge < -0.3 is 14.5 Å². The fraction of sp³-hybridized carbons (Fsp3) is 0.214. The number of sulfonamides is 1. The molecule has 5 rings (SSSR count). The summed E-state index contributed by atoms with van der Waals surface area (Å²) in [6.45, 7) is 0.796. The van der Waals surface area contributed by atoms with Crippen LogP contribution in [0.2, 0.25) is 0 Å². The summed E-state index contributed by atoms with van der Waals surface area (Å²) in [6, 6.07) is 24.4. The molecule has 1 aliphatic heterocycles. The summed E-state index contributed by atoms with van der Waals surface area (Å²) in [5.41, 5.74) is 2.76. The predicted octanol–water partition coefficient (Wildman–Crippen LogP) is 4.35. The van der Waals surface area contributed by atoms with Gasteiger partial charge in [-0.25, -0.2) is 8.42 Å². The predicted molar refractivity (Wildman–Crippen MR) is 137 cm³/mol. The molecule has 1 amide bonds. The van der Waals surface area contributed by atoms with Crippen molar-refractivity contribution >= 4 is 26.9 Å². The average Bonchev–Trinajstić information content (AvgIpc) is 3.60. The summed E-state index contributed by atoms with van der Waals surface area (Å²) < 4.78 is 39.2. The van der Waals surface area contributed by atoms with E-state index in [2.05, 4.69) is 11.4 Å². The lowest BCUT2D eigenvalue weighted by Crippen LogP contribution is -2.45. The van der Waals surface area contributed by atoms with Crippen LogP contribution in [0.4, 0.5) is 0 Å². The molecule has 0 spiro atoms. The number of carbonyl (C=O) groups is 1. The van der Waals surface area contributed by atoms with E-state index in [-0.39, 0.29) is 24.1 Å². The fourth-order valence-corrected chi connectivity index (χ4v) is 6.05. The number of nitriles is 1. The van der Waals surface area contributed by atoms with Crippen LogP contribution in [-0.2, 0) is 28.0 Å². The first-order chi connectivity index (χ1) is 17.9. The van der Waals surface area contributed by atoms with Gasteiger partial charge >= 0.3 is 0 Å². The lowest BCUT2D eigenvalue weighted by atomic mass is 10.1. The van der Waals surface area contributed by atoms with Gasteiger partial charge in [0.05, 0.1) is 11.6 Å². The number of para-hydroxylation sites is 1. The second-order valence-corrected chi connectivity index (χ2v) is 10.7. The van der Waals surface area contributed by atoms with Crippen LogP contribution in [0.25, 0.3) is 11.0 Å². The largest absolute Gasteiger partial charge is 0.489 e. The third-order valence-corrected chi connectivity index (χ3v) is 8.06. The number of hydrogen-bond donors (Lipinski definition) is 1. The second kappa shape index (κ2) is 10.5. The standard InChI is InChI=1S/C28H25N3O5S/c29-17-20-6-3-8-22(14-20)19-35-24-10-4-7-21(15-24)18-30-28(32)25-11-5-13-31(25)37(33,34)27-16-23-9-1-2-12-26(23)36-27/h1-4,6-10,12,14-16,25H,5,11,13,18-19H2,(H,30,32). The number of nitrogens with one attached hydrogen (secondary N) is 1. The highest BCUT2D eigenvalue weighted by Gasteiger charge is 2.41. The second-order valence-electron chi connectivity index (χ2n) is 8.84. The molecule has 1 N–H and O–H groups in total. The van der Waals surface area contributed by atoms with Crippen LogP contribution < -0.4 is 10.1 Å². The van der Waals surface area contributed by atoms with Crippen LogP contribution in [0.15, 0.2) is 88.4 Å². The monoisotopic (exact) mass is 515 g/mol. The van der Waals surface area contributed by atoms with Crippen LogP contribution >= 0.6 is 0 Å². The minimum atomic E-state index is -3.96. The molecule has 4 aromatic rings. The number of hydrogen-bond acceptors (Lipinski definition) is 6. The zero-order chi connectivity index (χ0) is 25.8. The molecule has 37 heavy (non-hydrogen) atoms. The average molecular weight is 516 g/mol. The van der Waals surface area contributed by atoms with Gasteiger partial charge in [-0.2, -0.15) is 9.57 Å². The molecule has 1 fully saturated rings. The molecule has 1 aromatic heterocycles. The van der Waals surface area contributed by atoms with Crippen molar-refractivity contribution in [1.29, 1.82) is 5.26 Å². The summed E-state index contributed by atoms with van der Waals surface area (Å²) in [4.78, 5) is 13.0. The Morgan fingerprint density at radius 2 is 1.86 bits per heavy atom. The van der Waals surface area contributed by atoms with Gasteiger partial charge in [0.15, 0.2) is 0 Å². The first-order valence-corrected chi connectivity index (χ1v) is 13.4. The Balaban J connectivity index is 1.22. The number of ether oxygens (including phenoxy) is 1. The van der Waals surface area contributed by atoms with Gasteiger partial charge in [0.1, 0.15) is 24.0 Å². The molecule has 1 aliphatic rings. The van der Waals surface area contributed by atoms with Crippen LogP contribution in [0.5, 0.6) is 5.75 Å². The van der Waals surface area contributed by atoms with E-state index >= 15 is 0 Å². The van der Waals surface area contributed by atoms with Crippen LogP contribution in [0.3, 0.4) is 0 Å². The number of fused-ring (bicyclic) bond motifs is 1. The van der Waals surface area contributed by atoms with Crippen molar-refractivity contribution in [1.82, 2.24) is 9.62 Å². The number of benzene rings is 3. The van der Waals surface area contributed by atoms with E-state index in [9.17, 15) is 13.2 Å². The van der Waals surface area contributed by atoms with Crippen molar-refractivity contribution in [2.45, 2.75) is 37.1 Å². The van der Waals surface area contributed by atoms with Gasteiger partial charge in [0, 0.05) is 24.5 Å². The molecule has 1 saturated heterocycles. The van der Waals surface area contributed by atoms with E-state index in [0.717, 1.165) is 11.1 Å². The lowest BCUT2D eigenvalue weighted by molar-refractivity contribution is -0.124. The summed E-state index contributed by atoms with van der Waals surface area (Å²) >= 11 is 0. The van der Waals surface area contributed by atoms with Gasteiger partial charge in [0.25, 0.3) is 10.0 Å². The third kappa shape index (κ3) is 5.35. The molecule has 2 heterocycles. The third-order valence-electron chi connectivity index (χ3n) is 6.30. The highest BCUT2D eigenvalue weighted by atomic mass is 32.2. The van der Waals surface area contributed by atoms with Crippen molar-refractivity contribution in [3.05, 3.63) is 95.6 Å². The Labute approximate surface area is 215 Å². The Morgan fingerprint density at radius 3 is 2.70 bits per heavy atom. The van der Waals surface area contributed by atoms with Crippen LogP contribution in [0.1, 0.15) is 29.5 Å². The smallest absolute Gasteiger partial charge is 0.277 e. The molecule has 0 bridgehead atoms. The van der Waals surface area contributed by atoms with Crippen molar-refractivity contribution in [3.63, 3.8) is 0 Å². The number of amides is 1. The maximum atomic E-state index is 13.3. The van der Waals surface area contributed by atoms with Crippen LogP contribution in [0, 0.1) is 11.3 Å². The molecular formula is C28H25N3O5S. The highest BCUT2D eigenvalue weighted by molar-refractivity contribution is 7.89. The van der Waals surface area contributed by atoms with E-state index in [1.807, 2.05) is 42.5 Å². The van der Waals surface area contributed by atoms with Gasteiger partial charge in [-0.05, 0) is 54.3 Å². The number of furan rings is 1. The van der Waals surface area contributed by atoms with Gasteiger partial charge in [-0.1, -0.05) is 42.5 Å². The maximum Gasteiger partial charge on any atom is 0.277 e. The zero-order valence-electron chi connectivity index (χ0n) is 20.0. The Morgan fingerprint density at radius 1 is 1.05 bits per heavy atom. The molecule has 188 valence electrons. The first kappa shape index (κ1) is 24.6. The normalized spacial score (nSPS) is 15.9. The SMILES string of the molecule is N#Cc1cccc(COc2cccc(CNC(=O)C3CCCN3S(=O)(=O)c3cc4ccccc4o3)c2)c1. The van der Waals surface area contributed by atoms with E-state index in [1.165, 1.54) is 10.4 Å². The molecule has 1 atom stereocenters. The van der Waals surface area contributed by atoms with E-state index in [0.29, 0.717) is 41.7 Å². The van der Waals surface area contributed by atoms with Crippen molar-refractivity contribution in [2.24, 2.45) is 0 Å². The van der Waals surface area contributed by atoms with E-state index in [1.54, 1.807) is 30.3 Å². The first-order valence-electron chi connectivity index (χ1n) is 11.9. The van der Waals surface area contributed by atoms with Crippen molar-refractivity contribution in [3.8, 4) is 11.8 Å². The minimum absolute atomic E-state index is 0.154. The lowest BCUT2D eigenvalue weighted by Gasteiger charge is -2.22. The Kier molecular flexibility index (Phi) is 6.95. The molecule has 0 saturated carbocycles. The number of nitrogens with zero attached hydrogens (tertiary/aromatic N) is 2. The molecule has 3 aromatic carbocycles. The summed E-state index contributed by atoms with van der Waals surface area (Å²) in [6.07, 6.45) is 1.03. The Bertz CT molecular complexity index is 1560. The summed E-state index contributed by atoms with van der Waals surface area (Å²) in [7, 11) is -3.96. The van der Waals surface area contributed by atoms with Crippen molar-refractivity contribution < 1.29 is 22.4 Å². The fourth-order valence-electron chi connectivity index (χ4n) is 4.44. The molecule has 9 heteroatoms. The summed E-state index contributed by atoms with van der Waals surface area (Å²) in [5, 5.41) is 12.5. The zero-order valence-corrected chi connectivity index (χ0v) is 20.8. The minimum Gasteiger partial charge on any atom is -0.489 e. The Hall–Kier alpha value is -4.13. The quantitative estimate of drug-likeness (QED) is 0.373. The topological polar surface area (TPSA) is 113 Å².